The minimum Gasteiger partial charge on any atom is -0.347 e. The highest BCUT2D eigenvalue weighted by Gasteiger charge is 2.20. The van der Waals surface area contributed by atoms with Crippen LogP contribution in [0.2, 0.25) is 0 Å². The Morgan fingerprint density at radius 1 is 1.71 bits per heavy atom. The summed E-state index contributed by atoms with van der Waals surface area (Å²) in [6.07, 6.45) is 0.997. The molecule has 76 valence electrons. The summed E-state index contributed by atoms with van der Waals surface area (Å²) in [5.41, 5.74) is 0.707. The van der Waals surface area contributed by atoms with Gasteiger partial charge in [-0.05, 0) is 31.4 Å². The van der Waals surface area contributed by atoms with Crippen molar-refractivity contribution < 1.29 is 4.79 Å². The fraction of sp³-hybridized carbons (Fsp3) is 0.625. The molecule has 0 unspecified atom stereocenters. The fourth-order valence-electron chi connectivity index (χ4n) is 1.47. The highest BCUT2D eigenvalue weighted by atomic mass is 32.1. The van der Waals surface area contributed by atoms with Crippen LogP contribution in [0.15, 0.2) is 0 Å². The molecule has 0 aliphatic carbocycles. The van der Waals surface area contributed by atoms with E-state index in [0.717, 1.165) is 31.0 Å². The number of hydrogen-bond donors (Lipinski definition) is 2. The van der Waals surface area contributed by atoms with E-state index in [-0.39, 0.29) is 11.9 Å². The maximum absolute atomic E-state index is 11.7. The van der Waals surface area contributed by atoms with E-state index in [0.29, 0.717) is 10.6 Å². The van der Waals surface area contributed by atoms with Crippen molar-refractivity contribution in [2.45, 2.75) is 19.4 Å². The summed E-state index contributed by atoms with van der Waals surface area (Å²) in [4.78, 5) is 12.3. The second-order valence-corrected chi connectivity index (χ2v) is 4.10. The molecule has 2 N–H and O–H groups in total. The first kappa shape index (κ1) is 9.54. The van der Waals surface area contributed by atoms with Gasteiger partial charge in [-0.15, -0.1) is 5.10 Å². The van der Waals surface area contributed by atoms with Crippen molar-refractivity contribution in [3.8, 4) is 0 Å². The molecular formula is C8H12N4OS. The van der Waals surface area contributed by atoms with E-state index in [4.69, 9.17) is 0 Å². The van der Waals surface area contributed by atoms with Crippen LogP contribution in [0.3, 0.4) is 0 Å². The van der Waals surface area contributed by atoms with Crippen LogP contribution in [0.1, 0.15) is 21.8 Å². The summed E-state index contributed by atoms with van der Waals surface area (Å²) >= 11 is 1.15. The standard InChI is InChI=1S/C8H12N4OS/c1-5-7(14-12-11-5)8(13)10-6-2-3-9-4-6/h6,9H,2-4H2,1H3,(H,10,13)/t6-/m0/s1. The van der Waals surface area contributed by atoms with E-state index >= 15 is 0 Å². The molecule has 1 atom stereocenters. The van der Waals surface area contributed by atoms with Crippen molar-refractivity contribution in [1.29, 1.82) is 0 Å². The van der Waals surface area contributed by atoms with Gasteiger partial charge in [-0.1, -0.05) is 4.49 Å². The Morgan fingerprint density at radius 2 is 2.57 bits per heavy atom. The number of amides is 1. The molecule has 5 nitrogen and oxygen atoms in total. The second kappa shape index (κ2) is 4.02. The highest BCUT2D eigenvalue weighted by Crippen LogP contribution is 2.09. The Hall–Kier alpha value is -1.01. The van der Waals surface area contributed by atoms with Gasteiger partial charge in [-0.3, -0.25) is 4.79 Å². The zero-order chi connectivity index (χ0) is 9.97. The van der Waals surface area contributed by atoms with E-state index in [2.05, 4.69) is 20.2 Å². The number of nitrogens with one attached hydrogen (secondary N) is 2. The molecule has 1 amide bonds. The number of aryl methyl sites for hydroxylation is 1. The summed E-state index contributed by atoms with van der Waals surface area (Å²) in [6.45, 7) is 3.63. The molecule has 14 heavy (non-hydrogen) atoms. The molecule has 0 radical (unpaired) electrons. The average Bonchev–Trinajstić information content (AvgIpc) is 2.75. The van der Waals surface area contributed by atoms with Gasteiger partial charge in [-0.25, -0.2) is 0 Å². The van der Waals surface area contributed by atoms with Gasteiger partial charge >= 0.3 is 0 Å². The van der Waals surface area contributed by atoms with Crippen LogP contribution in [0.5, 0.6) is 0 Å². The third kappa shape index (κ3) is 1.91. The van der Waals surface area contributed by atoms with Crippen LogP contribution >= 0.6 is 11.5 Å². The van der Waals surface area contributed by atoms with E-state index in [9.17, 15) is 4.79 Å². The van der Waals surface area contributed by atoms with Gasteiger partial charge < -0.3 is 10.6 Å². The molecule has 1 fully saturated rings. The van der Waals surface area contributed by atoms with Crippen molar-refractivity contribution in [3.63, 3.8) is 0 Å². The van der Waals surface area contributed by atoms with E-state index in [1.807, 2.05) is 0 Å². The maximum Gasteiger partial charge on any atom is 0.265 e. The first-order chi connectivity index (χ1) is 6.77. The predicted molar refractivity (Wildman–Crippen MR) is 53.4 cm³/mol. The van der Waals surface area contributed by atoms with Crippen molar-refractivity contribution in [2.24, 2.45) is 0 Å². The van der Waals surface area contributed by atoms with Gasteiger partial charge in [0.1, 0.15) is 4.88 Å². The monoisotopic (exact) mass is 212 g/mol. The van der Waals surface area contributed by atoms with Crippen LogP contribution < -0.4 is 10.6 Å². The van der Waals surface area contributed by atoms with Crippen LogP contribution in [-0.4, -0.2) is 34.6 Å². The van der Waals surface area contributed by atoms with Crippen LogP contribution in [-0.2, 0) is 0 Å². The smallest absolute Gasteiger partial charge is 0.265 e. The molecule has 6 heteroatoms. The Labute approximate surface area is 86.1 Å². The number of nitrogens with zero attached hydrogens (tertiary/aromatic N) is 2. The summed E-state index contributed by atoms with van der Waals surface area (Å²) in [5, 5.41) is 9.95. The van der Waals surface area contributed by atoms with Gasteiger partial charge in [0.05, 0.1) is 5.69 Å². The van der Waals surface area contributed by atoms with Crippen molar-refractivity contribution in [1.82, 2.24) is 20.2 Å². The number of carbonyl (C=O) groups excluding carboxylic acids is 1. The lowest BCUT2D eigenvalue weighted by molar-refractivity contribution is 0.0943. The molecule has 0 saturated carbocycles. The van der Waals surface area contributed by atoms with E-state index in [1.54, 1.807) is 6.92 Å². The lowest BCUT2D eigenvalue weighted by atomic mass is 10.2. The van der Waals surface area contributed by atoms with Crippen molar-refractivity contribution >= 4 is 17.4 Å². The lowest BCUT2D eigenvalue weighted by Gasteiger charge is -2.09. The zero-order valence-electron chi connectivity index (χ0n) is 7.91. The molecule has 1 aromatic rings. The molecule has 1 aliphatic heterocycles. The molecular weight excluding hydrogens is 200 g/mol. The number of aromatic nitrogens is 2. The Balaban J connectivity index is 1.98. The molecule has 2 rings (SSSR count). The third-order valence-electron chi connectivity index (χ3n) is 2.25. The Bertz CT molecular complexity index is 332. The Kier molecular flexibility index (Phi) is 2.74. The topological polar surface area (TPSA) is 66.9 Å². The molecule has 1 aliphatic rings. The SMILES string of the molecule is Cc1nnsc1C(=O)N[C@H]1CCNC1. The molecule has 0 spiro atoms. The average molecular weight is 212 g/mol. The van der Waals surface area contributed by atoms with Gasteiger partial charge in [-0.2, -0.15) is 0 Å². The summed E-state index contributed by atoms with van der Waals surface area (Å²) in [7, 11) is 0. The number of carbonyl (C=O) groups is 1. The number of rotatable bonds is 2. The normalized spacial score (nSPS) is 21.1. The van der Waals surface area contributed by atoms with Gasteiger partial charge in [0.15, 0.2) is 0 Å². The van der Waals surface area contributed by atoms with E-state index < -0.39 is 0 Å². The predicted octanol–water partition coefficient (Wildman–Crippen LogP) is -0.0618. The maximum atomic E-state index is 11.7. The van der Waals surface area contributed by atoms with Crippen LogP contribution in [0, 0.1) is 6.92 Å². The third-order valence-corrected chi connectivity index (χ3v) is 3.08. The fourth-order valence-corrected chi connectivity index (χ4v) is 2.03. The minimum absolute atomic E-state index is 0.0498. The minimum atomic E-state index is -0.0498. The van der Waals surface area contributed by atoms with Crippen LogP contribution in [0.4, 0.5) is 0 Å². The molecule has 0 aromatic carbocycles. The first-order valence-corrected chi connectivity index (χ1v) is 5.35. The Morgan fingerprint density at radius 3 is 3.14 bits per heavy atom. The highest BCUT2D eigenvalue weighted by molar-refractivity contribution is 7.07. The zero-order valence-corrected chi connectivity index (χ0v) is 8.73. The lowest BCUT2D eigenvalue weighted by Crippen LogP contribution is -2.36. The number of hydrogen-bond acceptors (Lipinski definition) is 5. The molecule has 1 aromatic heterocycles. The quantitative estimate of drug-likeness (QED) is 0.720. The second-order valence-electron chi connectivity index (χ2n) is 3.35. The molecule has 2 heterocycles. The van der Waals surface area contributed by atoms with E-state index in [1.165, 1.54) is 0 Å². The molecule has 0 bridgehead atoms. The van der Waals surface area contributed by atoms with Gasteiger partial charge in [0.2, 0.25) is 0 Å². The van der Waals surface area contributed by atoms with Gasteiger partial charge in [0.25, 0.3) is 5.91 Å². The van der Waals surface area contributed by atoms with Gasteiger partial charge in [0, 0.05) is 12.6 Å². The molecule has 1 saturated heterocycles. The van der Waals surface area contributed by atoms with Crippen molar-refractivity contribution in [2.75, 3.05) is 13.1 Å². The summed E-state index contributed by atoms with van der Waals surface area (Å²) in [5.74, 6) is -0.0498. The van der Waals surface area contributed by atoms with Crippen molar-refractivity contribution in [3.05, 3.63) is 10.6 Å². The van der Waals surface area contributed by atoms with Crippen LogP contribution in [0.25, 0.3) is 0 Å². The first-order valence-electron chi connectivity index (χ1n) is 4.58. The largest absolute Gasteiger partial charge is 0.347 e. The summed E-state index contributed by atoms with van der Waals surface area (Å²) in [6, 6.07) is 0.254. The summed E-state index contributed by atoms with van der Waals surface area (Å²) < 4.78 is 3.73.